The maximum atomic E-state index is 4.03. The van der Waals surface area contributed by atoms with E-state index in [1.54, 1.807) is 0 Å². The molecule has 2 unspecified atom stereocenters. The molecule has 0 aliphatic carbocycles. The van der Waals surface area contributed by atoms with Gasteiger partial charge >= 0.3 is 0 Å². The van der Waals surface area contributed by atoms with Crippen LogP contribution in [0.15, 0.2) is 49.6 Å². The predicted molar refractivity (Wildman–Crippen MR) is 117 cm³/mol. The molecule has 2 atom stereocenters. The highest BCUT2D eigenvalue weighted by molar-refractivity contribution is 4.93. The molecule has 2 nitrogen and oxygen atoms in total. The molecule has 2 fully saturated rings. The Morgan fingerprint density at radius 1 is 0.786 bits per heavy atom. The lowest BCUT2D eigenvalue weighted by atomic mass is 10.0. The molecular weight excluding hydrogens is 387 g/mol. The molecule has 0 aromatic heterocycles. The molecule has 0 N–H and O–H groups in total. The van der Waals surface area contributed by atoms with E-state index in [4.69, 9.17) is 0 Å². The van der Waals surface area contributed by atoms with E-state index in [0.29, 0.717) is 0 Å². The lowest BCUT2D eigenvalue weighted by Crippen LogP contribution is -3.00. The molecule has 0 saturated carbocycles. The molecule has 2 aliphatic heterocycles. The molecule has 4 heteroatoms. The highest BCUT2D eigenvalue weighted by Gasteiger charge is 2.39. The SMILES string of the molecule is C=C(C)C[N+]1(CC(=C)C)CCCC1.C=CC[N+]1(CC=C)CC(C)C(C)C1.[Cl-].[Cl-]. The smallest absolute Gasteiger partial charge is 0.100 e. The number of halogens is 2. The van der Waals surface area contributed by atoms with Crippen LogP contribution in [0.1, 0.15) is 40.5 Å². The van der Waals surface area contributed by atoms with Crippen molar-refractivity contribution in [2.45, 2.75) is 40.5 Å². The first-order valence-electron chi connectivity index (χ1n) is 10.4. The van der Waals surface area contributed by atoms with Gasteiger partial charge in [0.15, 0.2) is 0 Å². The summed E-state index contributed by atoms with van der Waals surface area (Å²) in [6.45, 7) is 34.4. The molecule has 2 saturated heterocycles. The third-order valence-corrected chi connectivity index (χ3v) is 6.08. The normalized spacial score (nSPS) is 24.0. The largest absolute Gasteiger partial charge is 1.00 e. The minimum Gasteiger partial charge on any atom is -1.00 e. The van der Waals surface area contributed by atoms with Crippen molar-refractivity contribution in [3.05, 3.63) is 49.6 Å². The van der Waals surface area contributed by atoms with Gasteiger partial charge in [0.2, 0.25) is 0 Å². The Hall–Kier alpha value is -0.540. The second kappa shape index (κ2) is 13.6. The van der Waals surface area contributed by atoms with Crippen molar-refractivity contribution in [3.8, 4) is 0 Å². The maximum absolute atomic E-state index is 4.03. The number of quaternary nitrogens is 2. The van der Waals surface area contributed by atoms with Gasteiger partial charge < -0.3 is 33.8 Å². The van der Waals surface area contributed by atoms with Crippen molar-refractivity contribution in [2.75, 3.05) is 52.4 Å². The molecule has 0 amide bonds. The standard InChI is InChI=1S/2C12H22N.2ClH/c1-11(2)9-13(10-12(3)4)7-5-6-8-13;1-5-7-13(8-6-2)9-11(3)12(4)10-13;;/h1,3,5-10H2,2,4H3;5-6,11-12H,1-2,7-10H2,3-4H3;2*1H/q2*+1;;/p-2. The summed E-state index contributed by atoms with van der Waals surface area (Å²) >= 11 is 0. The van der Waals surface area contributed by atoms with Crippen molar-refractivity contribution in [1.29, 1.82) is 0 Å². The average Bonchev–Trinajstić information content (AvgIpc) is 3.04. The molecule has 0 bridgehead atoms. The molecule has 2 aliphatic rings. The lowest BCUT2D eigenvalue weighted by molar-refractivity contribution is -0.908. The number of likely N-dealkylation sites (tertiary alicyclic amines) is 2. The molecular formula is C24H44Cl2N2. The minimum absolute atomic E-state index is 0. The highest BCUT2D eigenvalue weighted by atomic mass is 35.5. The summed E-state index contributed by atoms with van der Waals surface area (Å²) < 4.78 is 2.39. The fraction of sp³-hybridized carbons (Fsp3) is 0.667. The fourth-order valence-electron chi connectivity index (χ4n) is 5.10. The second-order valence-electron chi connectivity index (χ2n) is 9.33. The maximum Gasteiger partial charge on any atom is 0.100 e. The Kier molecular flexibility index (Phi) is 14.4. The van der Waals surface area contributed by atoms with Crippen LogP contribution in [0.25, 0.3) is 0 Å². The topological polar surface area (TPSA) is 0 Å². The van der Waals surface area contributed by atoms with Gasteiger partial charge in [-0.3, -0.25) is 0 Å². The number of nitrogens with zero attached hydrogens (tertiary/aromatic N) is 2. The molecule has 0 aromatic rings. The fourth-order valence-corrected chi connectivity index (χ4v) is 5.10. The van der Waals surface area contributed by atoms with Crippen LogP contribution in [0.2, 0.25) is 0 Å². The summed E-state index contributed by atoms with van der Waals surface area (Å²) in [5.74, 6) is 1.69. The zero-order valence-electron chi connectivity index (χ0n) is 18.9. The van der Waals surface area contributed by atoms with E-state index in [1.807, 2.05) is 12.2 Å². The number of rotatable bonds is 8. The van der Waals surface area contributed by atoms with Crippen LogP contribution in [0, 0.1) is 11.8 Å². The van der Waals surface area contributed by atoms with Gasteiger partial charge in [0.1, 0.15) is 13.1 Å². The first-order valence-corrected chi connectivity index (χ1v) is 10.4. The molecule has 164 valence electrons. The van der Waals surface area contributed by atoms with Crippen LogP contribution in [0.3, 0.4) is 0 Å². The van der Waals surface area contributed by atoms with E-state index < -0.39 is 0 Å². The zero-order chi connectivity index (χ0) is 19.8. The van der Waals surface area contributed by atoms with Gasteiger partial charge in [-0.1, -0.05) is 40.2 Å². The van der Waals surface area contributed by atoms with E-state index in [9.17, 15) is 0 Å². The van der Waals surface area contributed by atoms with Crippen LogP contribution >= 0.6 is 0 Å². The van der Waals surface area contributed by atoms with Gasteiger partial charge in [0.05, 0.1) is 39.3 Å². The predicted octanol–water partition coefficient (Wildman–Crippen LogP) is -0.782. The van der Waals surface area contributed by atoms with Crippen molar-refractivity contribution in [2.24, 2.45) is 11.8 Å². The van der Waals surface area contributed by atoms with E-state index in [1.165, 1.54) is 59.1 Å². The first-order chi connectivity index (χ1) is 12.2. The zero-order valence-corrected chi connectivity index (χ0v) is 20.4. The van der Waals surface area contributed by atoms with Gasteiger partial charge in [-0.15, -0.1) is 0 Å². The Bertz CT molecular complexity index is 467. The Morgan fingerprint density at radius 3 is 1.43 bits per heavy atom. The van der Waals surface area contributed by atoms with Crippen molar-refractivity contribution >= 4 is 0 Å². The molecule has 2 rings (SSSR count). The third-order valence-electron chi connectivity index (χ3n) is 6.08. The van der Waals surface area contributed by atoms with E-state index >= 15 is 0 Å². The minimum atomic E-state index is 0. The van der Waals surface area contributed by atoms with Crippen LogP contribution < -0.4 is 24.8 Å². The van der Waals surface area contributed by atoms with Gasteiger partial charge in [-0.05, 0) is 37.1 Å². The highest BCUT2D eigenvalue weighted by Crippen LogP contribution is 2.29. The number of hydrogen-bond donors (Lipinski definition) is 0. The van der Waals surface area contributed by atoms with Crippen LogP contribution in [0.5, 0.6) is 0 Å². The van der Waals surface area contributed by atoms with E-state index in [-0.39, 0.29) is 24.8 Å². The van der Waals surface area contributed by atoms with Gasteiger partial charge in [-0.2, -0.15) is 0 Å². The van der Waals surface area contributed by atoms with Crippen molar-refractivity contribution in [1.82, 2.24) is 0 Å². The van der Waals surface area contributed by atoms with Gasteiger partial charge in [0.25, 0.3) is 0 Å². The van der Waals surface area contributed by atoms with Crippen LogP contribution in [-0.2, 0) is 0 Å². The number of hydrogen-bond acceptors (Lipinski definition) is 0. The molecule has 0 aromatic carbocycles. The van der Waals surface area contributed by atoms with Crippen LogP contribution in [-0.4, -0.2) is 61.3 Å². The Balaban J connectivity index is 0. The lowest BCUT2D eigenvalue weighted by Gasteiger charge is -2.34. The molecule has 2 heterocycles. The summed E-state index contributed by atoms with van der Waals surface area (Å²) in [5, 5.41) is 0. The monoisotopic (exact) mass is 430 g/mol. The van der Waals surface area contributed by atoms with E-state index in [0.717, 1.165) is 38.0 Å². The summed E-state index contributed by atoms with van der Waals surface area (Å²) in [7, 11) is 0. The van der Waals surface area contributed by atoms with Gasteiger partial charge in [-0.25, -0.2) is 0 Å². The Labute approximate surface area is 188 Å². The summed E-state index contributed by atoms with van der Waals surface area (Å²) in [5.41, 5.74) is 2.62. The van der Waals surface area contributed by atoms with Gasteiger partial charge in [0, 0.05) is 24.7 Å². The second-order valence-corrected chi connectivity index (χ2v) is 9.33. The Morgan fingerprint density at radius 2 is 1.14 bits per heavy atom. The van der Waals surface area contributed by atoms with Crippen molar-refractivity contribution < 1.29 is 33.8 Å². The molecule has 28 heavy (non-hydrogen) atoms. The van der Waals surface area contributed by atoms with Crippen molar-refractivity contribution in [3.63, 3.8) is 0 Å². The van der Waals surface area contributed by atoms with E-state index in [2.05, 4.69) is 54.0 Å². The van der Waals surface area contributed by atoms with Crippen LogP contribution in [0.4, 0.5) is 0 Å². The summed E-state index contributed by atoms with van der Waals surface area (Å²) in [6, 6.07) is 0. The summed E-state index contributed by atoms with van der Waals surface area (Å²) in [4.78, 5) is 0. The average molecular weight is 432 g/mol. The first kappa shape index (κ1) is 29.7. The summed E-state index contributed by atoms with van der Waals surface area (Å²) in [6.07, 6.45) is 6.85. The molecule has 0 radical (unpaired) electrons. The third kappa shape index (κ3) is 9.31. The quantitative estimate of drug-likeness (QED) is 0.350. The molecule has 0 spiro atoms.